The molecule has 0 spiro atoms. The van der Waals surface area contributed by atoms with Gasteiger partial charge in [-0.1, -0.05) is 4.49 Å². The van der Waals surface area contributed by atoms with Gasteiger partial charge in [0, 0.05) is 17.2 Å². The molecule has 0 amide bonds. The molecule has 2 rings (SSSR count). The molecule has 2 aromatic heterocycles. The van der Waals surface area contributed by atoms with E-state index in [1.807, 2.05) is 18.5 Å². The maximum absolute atomic E-state index is 5.74. The number of nitrogen functional groups attached to an aromatic ring is 1. The lowest BCUT2D eigenvalue weighted by Gasteiger charge is -2.01. The number of hydrogen-bond donors (Lipinski definition) is 1. The van der Waals surface area contributed by atoms with Crippen LogP contribution in [0.25, 0.3) is 0 Å². The lowest BCUT2D eigenvalue weighted by Crippen LogP contribution is -2.06. The highest BCUT2D eigenvalue weighted by molar-refractivity contribution is 7.09. The van der Waals surface area contributed by atoms with Gasteiger partial charge in [-0.3, -0.25) is 4.68 Å². The Morgan fingerprint density at radius 1 is 1.33 bits per heavy atom. The van der Waals surface area contributed by atoms with Gasteiger partial charge < -0.3 is 5.73 Å². The van der Waals surface area contributed by atoms with Crippen LogP contribution in [0.4, 0.5) is 5.00 Å². The number of rotatable bonds is 2. The maximum Gasteiger partial charge on any atom is 0.132 e. The third-order valence-corrected chi connectivity index (χ3v) is 3.22. The Balaban J connectivity index is 2.33. The van der Waals surface area contributed by atoms with E-state index in [1.165, 1.54) is 17.1 Å². The monoisotopic (exact) mass is 223 g/mol. The first-order chi connectivity index (χ1) is 7.09. The molecule has 15 heavy (non-hydrogen) atoms. The summed E-state index contributed by atoms with van der Waals surface area (Å²) in [5.74, 6) is 0. The number of aromatic nitrogens is 4. The average Bonchev–Trinajstić information content (AvgIpc) is 2.69. The van der Waals surface area contributed by atoms with Gasteiger partial charge in [0.15, 0.2) is 0 Å². The molecule has 0 unspecified atom stereocenters. The molecule has 2 N–H and O–H groups in total. The van der Waals surface area contributed by atoms with Crippen LogP contribution >= 0.6 is 11.5 Å². The summed E-state index contributed by atoms with van der Waals surface area (Å²) >= 11 is 1.22. The van der Waals surface area contributed by atoms with Gasteiger partial charge in [0.2, 0.25) is 0 Å². The quantitative estimate of drug-likeness (QED) is 0.833. The van der Waals surface area contributed by atoms with E-state index in [4.69, 9.17) is 5.73 Å². The third-order valence-electron chi connectivity index (χ3n) is 2.63. The Kier molecular flexibility index (Phi) is 2.44. The summed E-state index contributed by atoms with van der Waals surface area (Å²) in [5.41, 5.74) is 9.95. The molecule has 2 heterocycles. The van der Waals surface area contributed by atoms with Crippen LogP contribution in [-0.2, 0) is 6.54 Å². The van der Waals surface area contributed by atoms with Gasteiger partial charge in [-0.05, 0) is 26.3 Å². The summed E-state index contributed by atoms with van der Waals surface area (Å²) in [6.45, 7) is 6.71. The standard InChI is InChI=1S/C9H13N5S/c1-5-6(2)12-14(7(5)3)4-8-9(10)15-13-11-8/h4,10H2,1-3H3. The van der Waals surface area contributed by atoms with E-state index in [0.29, 0.717) is 11.5 Å². The van der Waals surface area contributed by atoms with Crippen molar-refractivity contribution in [1.29, 1.82) is 0 Å². The summed E-state index contributed by atoms with van der Waals surface area (Å²) in [6, 6.07) is 0. The minimum atomic E-state index is 0.600. The SMILES string of the molecule is Cc1nn(Cc2nnsc2N)c(C)c1C. The van der Waals surface area contributed by atoms with Crippen LogP contribution in [0.15, 0.2) is 0 Å². The molecule has 6 heteroatoms. The Labute approximate surface area is 92.1 Å². The van der Waals surface area contributed by atoms with Crippen molar-refractivity contribution in [2.24, 2.45) is 0 Å². The van der Waals surface area contributed by atoms with Crippen LogP contribution in [0, 0.1) is 20.8 Å². The van der Waals surface area contributed by atoms with Crippen LogP contribution in [-0.4, -0.2) is 19.4 Å². The van der Waals surface area contributed by atoms with Crippen LogP contribution in [0.1, 0.15) is 22.6 Å². The van der Waals surface area contributed by atoms with Crippen molar-refractivity contribution < 1.29 is 0 Å². The largest absolute Gasteiger partial charge is 0.388 e. The fourth-order valence-electron chi connectivity index (χ4n) is 1.41. The van der Waals surface area contributed by atoms with Gasteiger partial charge in [0.05, 0.1) is 12.2 Å². The zero-order valence-electron chi connectivity index (χ0n) is 8.98. The molecule has 0 aliphatic heterocycles. The lowest BCUT2D eigenvalue weighted by atomic mass is 10.2. The second kappa shape index (κ2) is 3.62. The molecule has 2 aromatic rings. The maximum atomic E-state index is 5.74. The zero-order chi connectivity index (χ0) is 11.0. The Morgan fingerprint density at radius 3 is 2.53 bits per heavy atom. The highest BCUT2D eigenvalue weighted by atomic mass is 32.1. The summed E-state index contributed by atoms with van der Waals surface area (Å²) in [5, 5.41) is 9.06. The molecule has 0 aliphatic rings. The Bertz CT molecular complexity index is 485. The van der Waals surface area contributed by atoms with Gasteiger partial charge in [-0.25, -0.2) is 0 Å². The van der Waals surface area contributed by atoms with Crippen molar-refractivity contribution in [3.8, 4) is 0 Å². The number of nitrogens with two attached hydrogens (primary N) is 1. The third kappa shape index (κ3) is 1.72. The number of nitrogens with zero attached hydrogens (tertiary/aromatic N) is 4. The van der Waals surface area contributed by atoms with E-state index in [9.17, 15) is 0 Å². The smallest absolute Gasteiger partial charge is 0.132 e. The van der Waals surface area contributed by atoms with Gasteiger partial charge >= 0.3 is 0 Å². The van der Waals surface area contributed by atoms with Crippen molar-refractivity contribution in [2.45, 2.75) is 27.3 Å². The predicted octanol–water partition coefficient (Wildman–Crippen LogP) is 1.29. The Morgan fingerprint density at radius 2 is 2.07 bits per heavy atom. The molecule has 0 atom stereocenters. The van der Waals surface area contributed by atoms with Gasteiger partial charge in [0.1, 0.15) is 10.7 Å². The Hall–Kier alpha value is -1.43. The minimum absolute atomic E-state index is 0.600. The number of aryl methyl sites for hydroxylation is 1. The first kappa shape index (κ1) is 10.1. The average molecular weight is 223 g/mol. The highest BCUT2D eigenvalue weighted by Crippen LogP contribution is 2.17. The van der Waals surface area contributed by atoms with Crippen molar-refractivity contribution in [1.82, 2.24) is 19.4 Å². The molecule has 0 radical (unpaired) electrons. The molecular weight excluding hydrogens is 210 g/mol. The fraction of sp³-hybridized carbons (Fsp3) is 0.444. The zero-order valence-corrected chi connectivity index (χ0v) is 9.80. The predicted molar refractivity (Wildman–Crippen MR) is 59.9 cm³/mol. The van der Waals surface area contributed by atoms with Gasteiger partial charge in [-0.15, -0.1) is 5.10 Å². The highest BCUT2D eigenvalue weighted by Gasteiger charge is 2.10. The van der Waals surface area contributed by atoms with Crippen molar-refractivity contribution >= 4 is 16.5 Å². The minimum Gasteiger partial charge on any atom is -0.388 e. The van der Waals surface area contributed by atoms with Crippen LogP contribution in [0.3, 0.4) is 0 Å². The molecule has 0 saturated carbocycles. The van der Waals surface area contributed by atoms with Gasteiger partial charge in [-0.2, -0.15) is 5.10 Å². The van der Waals surface area contributed by atoms with E-state index >= 15 is 0 Å². The topological polar surface area (TPSA) is 69.6 Å². The van der Waals surface area contributed by atoms with Crippen LogP contribution in [0.2, 0.25) is 0 Å². The van der Waals surface area contributed by atoms with E-state index in [-0.39, 0.29) is 0 Å². The van der Waals surface area contributed by atoms with E-state index in [1.54, 1.807) is 0 Å². The second-order valence-electron chi connectivity index (χ2n) is 3.54. The first-order valence-electron chi connectivity index (χ1n) is 4.67. The van der Waals surface area contributed by atoms with Crippen molar-refractivity contribution in [3.05, 3.63) is 22.6 Å². The molecule has 5 nitrogen and oxygen atoms in total. The molecule has 0 aromatic carbocycles. The molecule has 0 fully saturated rings. The number of hydrogen-bond acceptors (Lipinski definition) is 5. The van der Waals surface area contributed by atoms with E-state index < -0.39 is 0 Å². The fourth-order valence-corrected chi connectivity index (χ4v) is 1.85. The molecule has 80 valence electrons. The molecular formula is C9H13N5S. The summed E-state index contributed by atoms with van der Waals surface area (Å²) < 4.78 is 5.72. The summed E-state index contributed by atoms with van der Waals surface area (Å²) in [4.78, 5) is 0. The summed E-state index contributed by atoms with van der Waals surface area (Å²) in [7, 11) is 0. The van der Waals surface area contributed by atoms with Crippen molar-refractivity contribution in [3.63, 3.8) is 0 Å². The normalized spacial score (nSPS) is 10.9. The van der Waals surface area contributed by atoms with Crippen molar-refractivity contribution in [2.75, 3.05) is 5.73 Å². The summed E-state index contributed by atoms with van der Waals surface area (Å²) in [6.07, 6.45) is 0. The van der Waals surface area contributed by atoms with Crippen LogP contribution in [0.5, 0.6) is 0 Å². The first-order valence-corrected chi connectivity index (χ1v) is 5.44. The number of anilines is 1. The van der Waals surface area contributed by atoms with E-state index in [0.717, 1.165) is 17.1 Å². The molecule has 0 bridgehead atoms. The van der Waals surface area contributed by atoms with Gasteiger partial charge in [0.25, 0.3) is 0 Å². The lowest BCUT2D eigenvalue weighted by molar-refractivity contribution is 0.646. The van der Waals surface area contributed by atoms with E-state index in [2.05, 4.69) is 21.6 Å². The molecule has 0 saturated heterocycles. The van der Waals surface area contributed by atoms with Crippen LogP contribution < -0.4 is 5.73 Å². The second-order valence-corrected chi connectivity index (χ2v) is 4.32. The molecule has 0 aliphatic carbocycles.